The highest BCUT2D eigenvalue weighted by atomic mass is 16.6. The van der Waals surface area contributed by atoms with Gasteiger partial charge in [-0.05, 0) is 11.6 Å². The van der Waals surface area contributed by atoms with E-state index in [0.29, 0.717) is 0 Å². The van der Waals surface area contributed by atoms with E-state index in [-0.39, 0.29) is 17.7 Å². The highest BCUT2D eigenvalue weighted by Crippen LogP contribution is 2.28. The van der Waals surface area contributed by atoms with E-state index in [1.54, 1.807) is 30.3 Å². The number of carbonyl (C=O) groups is 2. The van der Waals surface area contributed by atoms with Gasteiger partial charge in [0.2, 0.25) is 0 Å². The predicted molar refractivity (Wildman–Crippen MR) is 78.9 cm³/mol. The van der Waals surface area contributed by atoms with Crippen molar-refractivity contribution in [2.24, 2.45) is 0 Å². The van der Waals surface area contributed by atoms with Crippen molar-refractivity contribution in [3.8, 4) is 0 Å². The number of Topliss-reactive ketones (excluding diaryl/α,β-unsaturated/α-hetero) is 1. The molecule has 0 unspecified atom stereocenters. The molecule has 0 saturated heterocycles. The Morgan fingerprint density at radius 1 is 1.14 bits per heavy atom. The van der Waals surface area contributed by atoms with E-state index < -0.39 is 27.9 Å². The molecule has 2 aromatic carbocycles. The van der Waals surface area contributed by atoms with Crippen LogP contribution >= 0.6 is 0 Å². The molecule has 0 saturated carbocycles. The van der Waals surface area contributed by atoms with Crippen LogP contribution in [-0.2, 0) is 6.42 Å². The molecule has 0 atom stereocenters. The number of rotatable bonds is 5. The molecule has 22 heavy (non-hydrogen) atoms. The van der Waals surface area contributed by atoms with Crippen LogP contribution < -0.4 is 5.73 Å². The molecule has 3 N–H and O–H groups in total. The van der Waals surface area contributed by atoms with Crippen LogP contribution in [-0.4, -0.2) is 21.8 Å². The molecular weight excluding hydrogens is 288 g/mol. The normalized spacial score (nSPS) is 10.2. The topological polar surface area (TPSA) is 124 Å². The molecule has 7 nitrogen and oxygen atoms in total. The number of anilines is 1. The maximum atomic E-state index is 12.2. The van der Waals surface area contributed by atoms with E-state index in [0.717, 1.165) is 11.6 Å². The van der Waals surface area contributed by atoms with Gasteiger partial charge < -0.3 is 10.8 Å². The van der Waals surface area contributed by atoms with E-state index in [1.807, 2.05) is 0 Å². The van der Waals surface area contributed by atoms with Gasteiger partial charge in [0.05, 0.1) is 10.6 Å². The Kier molecular flexibility index (Phi) is 4.17. The van der Waals surface area contributed by atoms with E-state index in [9.17, 15) is 19.7 Å². The fourth-order valence-electron chi connectivity index (χ4n) is 2.10. The van der Waals surface area contributed by atoms with E-state index in [2.05, 4.69) is 0 Å². The second kappa shape index (κ2) is 6.04. The number of benzene rings is 2. The van der Waals surface area contributed by atoms with Crippen LogP contribution in [0.4, 0.5) is 11.4 Å². The van der Waals surface area contributed by atoms with Gasteiger partial charge in [-0.1, -0.05) is 30.3 Å². The third kappa shape index (κ3) is 2.93. The summed E-state index contributed by atoms with van der Waals surface area (Å²) in [6.07, 6.45) is 0.0297. The number of carboxylic acids is 1. The Morgan fingerprint density at radius 3 is 2.32 bits per heavy atom. The molecule has 0 aliphatic heterocycles. The molecule has 0 aliphatic rings. The third-order valence-corrected chi connectivity index (χ3v) is 3.14. The van der Waals surface area contributed by atoms with Gasteiger partial charge in [0.15, 0.2) is 11.3 Å². The second-order valence-electron chi connectivity index (χ2n) is 4.57. The number of carbonyl (C=O) groups excluding carboxylic acids is 1. The first-order valence-corrected chi connectivity index (χ1v) is 6.29. The van der Waals surface area contributed by atoms with Gasteiger partial charge in [0.25, 0.3) is 5.69 Å². The number of hydrogen-bond acceptors (Lipinski definition) is 5. The number of nitro groups is 1. The summed E-state index contributed by atoms with van der Waals surface area (Å²) >= 11 is 0. The lowest BCUT2D eigenvalue weighted by molar-refractivity contribution is -0.385. The number of nitrogens with two attached hydrogens (primary N) is 1. The molecule has 0 aromatic heterocycles. The first kappa shape index (κ1) is 15.2. The molecule has 0 spiro atoms. The summed E-state index contributed by atoms with van der Waals surface area (Å²) < 4.78 is 0. The number of carboxylic acid groups (broad SMARTS) is 1. The van der Waals surface area contributed by atoms with Crippen molar-refractivity contribution < 1.29 is 19.6 Å². The number of nitrogens with zero attached hydrogens (tertiary/aromatic N) is 1. The van der Waals surface area contributed by atoms with Crippen molar-refractivity contribution in [3.05, 3.63) is 69.3 Å². The first-order valence-electron chi connectivity index (χ1n) is 6.29. The van der Waals surface area contributed by atoms with Crippen LogP contribution in [0.1, 0.15) is 26.3 Å². The number of nitrogen functional groups attached to an aromatic ring is 1. The number of nitro benzene ring substituents is 1. The summed E-state index contributed by atoms with van der Waals surface area (Å²) in [7, 11) is 0. The van der Waals surface area contributed by atoms with E-state index >= 15 is 0 Å². The second-order valence-corrected chi connectivity index (χ2v) is 4.57. The summed E-state index contributed by atoms with van der Waals surface area (Å²) in [6.45, 7) is 0. The van der Waals surface area contributed by atoms with Crippen LogP contribution in [0.5, 0.6) is 0 Å². The fourth-order valence-corrected chi connectivity index (χ4v) is 2.10. The van der Waals surface area contributed by atoms with E-state index in [4.69, 9.17) is 10.8 Å². The van der Waals surface area contributed by atoms with Crippen molar-refractivity contribution in [1.29, 1.82) is 0 Å². The lowest BCUT2D eigenvalue weighted by Gasteiger charge is -2.08. The van der Waals surface area contributed by atoms with Gasteiger partial charge in [0.1, 0.15) is 0 Å². The average Bonchev–Trinajstić information content (AvgIpc) is 2.47. The highest BCUT2D eigenvalue weighted by Gasteiger charge is 2.26. The Labute approximate surface area is 125 Å². The minimum atomic E-state index is -1.54. The van der Waals surface area contributed by atoms with Gasteiger partial charge in [-0.25, -0.2) is 4.79 Å². The quantitative estimate of drug-likeness (QED) is 0.378. The summed E-state index contributed by atoms with van der Waals surface area (Å²) in [6, 6.07) is 11.0. The van der Waals surface area contributed by atoms with Gasteiger partial charge in [-0.3, -0.25) is 14.9 Å². The fraction of sp³-hybridized carbons (Fsp3) is 0.0667. The van der Waals surface area contributed by atoms with Gasteiger partial charge >= 0.3 is 5.97 Å². The third-order valence-electron chi connectivity index (χ3n) is 3.14. The Balaban J connectivity index is 2.44. The van der Waals surface area contributed by atoms with Crippen molar-refractivity contribution in [2.75, 3.05) is 5.73 Å². The van der Waals surface area contributed by atoms with Gasteiger partial charge in [-0.2, -0.15) is 0 Å². The lowest BCUT2D eigenvalue weighted by atomic mass is 9.98. The Hall–Kier alpha value is -3.22. The Bertz CT molecular complexity index is 756. The van der Waals surface area contributed by atoms with Crippen molar-refractivity contribution >= 4 is 23.1 Å². The molecule has 0 radical (unpaired) electrons. The molecule has 112 valence electrons. The maximum absolute atomic E-state index is 12.2. The molecular formula is C15H12N2O5. The molecule has 7 heteroatoms. The maximum Gasteiger partial charge on any atom is 0.344 e. The molecule has 0 amide bonds. The summed E-state index contributed by atoms with van der Waals surface area (Å²) in [4.78, 5) is 33.4. The van der Waals surface area contributed by atoms with Crippen LogP contribution in [0.2, 0.25) is 0 Å². The average molecular weight is 300 g/mol. The van der Waals surface area contributed by atoms with Crippen LogP contribution in [0.25, 0.3) is 0 Å². The molecule has 0 bridgehead atoms. The number of aromatic carboxylic acids is 1. The van der Waals surface area contributed by atoms with E-state index in [1.165, 1.54) is 6.07 Å². The molecule has 2 rings (SSSR count). The summed E-state index contributed by atoms with van der Waals surface area (Å²) in [5.74, 6) is -1.94. The van der Waals surface area contributed by atoms with Gasteiger partial charge in [-0.15, -0.1) is 0 Å². The van der Waals surface area contributed by atoms with Crippen molar-refractivity contribution in [3.63, 3.8) is 0 Å². The molecule has 0 heterocycles. The standard InChI is InChI=1S/C15H12N2O5/c16-14-10(12(18)8-9-4-2-1-3-5-9)6-7-11(17(21)22)13(14)15(19)20/h1-7H,8,16H2,(H,19,20). The smallest absolute Gasteiger partial charge is 0.344 e. The van der Waals surface area contributed by atoms with Crippen LogP contribution in [0.3, 0.4) is 0 Å². The first-order chi connectivity index (χ1) is 10.4. The minimum Gasteiger partial charge on any atom is -0.477 e. The number of ketones is 1. The molecule has 0 aliphatic carbocycles. The predicted octanol–water partition coefficient (Wildman–Crippen LogP) is 2.30. The minimum absolute atomic E-state index is 0.0297. The SMILES string of the molecule is Nc1c(C(=O)Cc2ccccc2)ccc([N+](=O)[O-])c1C(=O)O. The number of hydrogen-bond donors (Lipinski definition) is 2. The zero-order valence-corrected chi connectivity index (χ0v) is 11.4. The van der Waals surface area contributed by atoms with Gasteiger partial charge in [0, 0.05) is 18.1 Å². The van der Waals surface area contributed by atoms with Crippen LogP contribution in [0.15, 0.2) is 42.5 Å². The van der Waals surface area contributed by atoms with Crippen molar-refractivity contribution in [1.82, 2.24) is 0 Å². The lowest BCUT2D eigenvalue weighted by Crippen LogP contribution is -2.13. The summed E-state index contributed by atoms with van der Waals surface area (Å²) in [5.41, 5.74) is 4.69. The molecule has 0 fully saturated rings. The Morgan fingerprint density at radius 2 is 1.77 bits per heavy atom. The monoisotopic (exact) mass is 300 g/mol. The highest BCUT2D eigenvalue weighted by molar-refractivity contribution is 6.08. The zero-order valence-electron chi connectivity index (χ0n) is 11.4. The largest absolute Gasteiger partial charge is 0.477 e. The molecule has 2 aromatic rings. The van der Waals surface area contributed by atoms with Crippen molar-refractivity contribution in [2.45, 2.75) is 6.42 Å². The van der Waals surface area contributed by atoms with Crippen LogP contribution in [0, 0.1) is 10.1 Å². The zero-order chi connectivity index (χ0) is 16.3. The summed E-state index contributed by atoms with van der Waals surface area (Å²) in [5, 5.41) is 19.9.